The molecular weight excluding hydrogens is 358 g/mol. The minimum Gasteiger partial charge on any atom is -0.497 e. The molecule has 0 aliphatic heterocycles. The Morgan fingerprint density at radius 3 is 2.39 bits per heavy atom. The molecule has 7 heteroatoms. The molecule has 0 fully saturated rings. The van der Waals surface area contributed by atoms with Crippen molar-refractivity contribution in [3.63, 3.8) is 0 Å². The second-order valence-electron chi connectivity index (χ2n) is 6.46. The van der Waals surface area contributed by atoms with Crippen molar-refractivity contribution in [3.8, 4) is 11.5 Å². The first-order valence-corrected chi connectivity index (χ1v) is 9.05. The third-order valence-corrected chi connectivity index (χ3v) is 3.88. The highest BCUT2D eigenvalue weighted by molar-refractivity contribution is 5.92. The van der Waals surface area contributed by atoms with Crippen LogP contribution >= 0.6 is 0 Å². The summed E-state index contributed by atoms with van der Waals surface area (Å²) >= 11 is 0. The molecule has 0 bridgehead atoms. The third-order valence-electron chi connectivity index (χ3n) is 3.88. The van der Waals surface area contributed by atoms with Crippen molar-refractivity contribution < 1.29 is 19.1 Å². The van der Waals surface area contributed by atoms with Gasteiger partial charge in [-0.25, -0.2) is 0 Å². The van der Waals surface area contributed by atoms with Gasteiger partial charge in [0.1, 0.15) is 18.1 Å². The van der Waals surface area contributed by atoms with Gasteiger partial charge in [-0.2, -0.15) is 0 Å². The van der Waals surface area contributed by atoms with Crippen LogP contribution in [0.3, 0.4) is 0 Å². The summed E-state index contributed by atoms with van der Waals surface area (Å²) in [4.78, 5) is 25.7. The highest BCUT2D eigenvalue weighted by atomic mass is 16.5. The predicted molar refractivity (Wildman–Crippen MR) is 109 cm³/mol. The number of hydrogen-bond donors (Lipinski definition) is 2. The van der Waals surface area contributed by atoms with Gasteiger partial charge in [0.2, 0.25) is 11.8 Å². The monoisotopic (exact) mass is 385 g/mol. The zero-order valence-electron chi connectivity index (χ0n) is 16.5. The van der Waals surface area contributed by atoms with Crippen molar-refractivity contribution in [1.29, 1.82) is 0 Å². The van der Waals surface area contributed by atoms with Crippen LogP contribution in [0, 0.1) is 6.92 Å². The minimum absolute atomic E-state index is 0.110. The number of ether oxygens (including phenoxy) is 2. The molecule has 0 saturated heterocycles. The summed E-state index contributed by atoms with van der Waals surface area (Å²) in [7, 11) is 3.30. The summed E-state index contributed by atoms with van der Waals surface area (Å²) in [6.07, 6.45) is 0. The zero-order chi connectivity index (χ0) is 20.4. The number of likely N-dealkylation sites (N-methyl/N-ethyl adjacent to an activating group) is 1. The van der Waals surface area contributed by atoms with E-state index in [0.29, 0.717) is 18.8 Å². The molecule has 0 aliphatic rings. The first-order chi connectivity index (χ1) is 13.5. The number of rotatable bonds is 10. The second kappa shape index (κ2) is 10.9. The Balaban J connectivity index is 1.63. The standard InChI is InChI=1S/C21H27N3O4/c1-16-5-4-6-19(13-16)28-12-11-22-20(25)14-24(2)15-21(26)23-17-7-9-18(27-3)10-8-17/h4-10,13H,11-12,14-15H2,1-3H3,(H,22,25)(H,23,26). The molecule has 150 valence electrons. The molecule has 2 amide bonds. The van der Waals surface area contributed by atoms with Crippen LogP contribution in [0.5, 0.6) is 11.5 Å². The zero-order valence-corrected chi connectivity index (χ0v) is 16.5. The molecule has 0 atom stereocenters. The Labute approximate surface area is 165 Å². The Bertz CT molecular complexity index is 777. The molecule has 0 unspecified atom stereocenters. The van der Waals surface area contributed by atoms with Crippen LogP contribution in [-0.2, 0) is 9.59 Å². The summed E-state index contributed by atoms with van der Waals surface area (Å²) in [5.41, 5.74) is 1.80. The lowest BCUT2D eigenvalue weighted by Gasteiger charge is -2.16. The molecule has 2 aromatic rings. The number of carbonyl (C=O) groups excluding carboxylic acids is 2. The van der Waals surface area contributed by atoms with E-state index in [1.54, 1.807) is 43.3 Å². The van der Waals surface area contributed by atoms with E-state index in [1.165, 1.54) is 0 Å². The molecular formula is C21H27N3O4. The average molecular weight is 385 g/mol. The van der Waals surface area contributed by atoms with Crippen LogP contribution in [0.2, 0.25) is 0 Å². The molecule has 2 rings (SSSR count). The maximum Gasteiger partial charge on any atom is 0.238 e. The van der Waals surface area contributed by atoms with Crippen LogP contribution in [-0.4, -0.2) is 57.1 Å². The van der Waals surface area contributed by atoms with E-state index in [0.717, 1.165) is 17.1 Å². The number of hydrogen-bond acceptors (Lipinski definition) is 5. The van der Waals surface area contributed by atoms with Crippen molar-refractivity contribution in [1.82, 2.24) is 10.2 Å². The van der Waals surface area contributed by atoms with Gasteiger partial charge in [-0.05, 0) is 55.9 Å². The first kappa shape index (κ1) is 21.2. The van der Waals surface area contributed by atoms with E-state index in [4.69, 9.17) is 9.47 Å². The number of amides is 2. The molecule has 0 aliphatic carbocycles. The average Bonchev–Trinajstić information content (AvgIpc) is 2.65. The fraction of sp³-hybridized carbons (Fsp3) is 0.333. The van der Waals surface area contributed by atoms with Gasteiger partial charge < -0.3 is 20.1 Å². The molecule has 2 N–H and O–H groups in total. The number of nitrogens with zero attached hydrogens (tertiary/aromatic N) is 1. The third kappa shape index (κ3) is 7.67. The molecule has 7 nitrogen and oxygen atoms in total. The molecule has 0 saturated carbocycles. The number of benzene rings is 2. The van der Waals surface area contributed by atoms with Gasteiger partial charge in [0.15, 0.2) is 0 Å². The largest absolute Gasteiger partial charge is 0.497 e. The van der Waals surface area contributed by atoms with Crippen molar-refractivity contribution in [2.24, 2.45) is 0 Å². The normalized spacial score (nSPS) is 10.4. The molecule has 0 aromatic heterocycles. The quantitative estimate of drug-likeness (QED) is 0.612. The maximum absolute atomic E-state index is 12.1. The van der Waals surface area contributed by atoms with Gasteiger partial charge in [0.25, 0.3) is 0 Å². The number of anilines is 1. The predicted octanol–water partition coefficient (Wildman–Crippen LogP) is 2.07. The summed E-state index contributed by atoms with van der Waals surface area (Å²) < 4.78 is 10.7. The van der Waals surface area contributed by atoms with E-state index >= 15 is 0 Å². The van der Waals surface area contributed by atoms with E-state index in [1.807, 2.05) is 31.2 Å². The number of methoxy groups -OCH3 is 1. The fourth-order valence-electron chi connectivity index (χ4n) is 2.54. The van der Waals surface area contributed by atoms with Gasteiger partial charge in [-0.3, -0.25) is 14.5 Å². The van der Waals surface area contributed by atoms with Crippen molar-refractivity contribution >= 4 is 17.5 Å². The summed E-state index contributed by atoms with van der Waals surface area (Å²) in [5.74, 6) is 1.15. The SMILES string of the molecule is COc1ccc(NC(=O)CN(C)CC(=O)NCCOc2cccc(C)c2)cc1. The molecule has 0 spiro atoms. The Hall–Kier alpha value is -3.06. The topological polar surface area (TPSA) is 79.9 Å². The van der Waals surface area contributed by atoms with Crippen LogP contribution in [0.25, 0.3) is 0 Å². The Morgan fingerprint density at radius 1 is 1.00 bits per heavy atom. The number of nitrogens with one attached hydrogen (secondary N) is 2. The highest BCUT2D eigenvalue weighted by Crippen LogP contribution is 2.15. The Kier molecular flexibility index (Phi) is 8.30. The Morgan fingerprint density at radius 2 is 1.71 bits per heavy atom. The summed E-state index contributed by atoms with van der Waals surface area (Å²) in [6.45, 7) is 3.02. The molecule has 28 heavy (non-hydrogen) atoms. The van der Waals surface area contributed by atoms with E-state index in [9.17, 15) is 9.59 Å². The van der Waals surface area contributed by atoms with Crippen LogP contribution in [0.15, 0.2) is 48.5 Å². The summed E-state index contributed by atoms with van der Waals surface area (Å²) in [6, 6.07) is 14.8. The van der Waals surface area contributed by atoms with Gasteiger partial charge in [-0.15, -0.1) is 0 Å². The van der Waals surface area contributed by atoms with Gasteiger partial charge in [-0.1, -0.05) is 12.1 Å². The summed E-state index contributed by atoms with van der Waals surface area (Å²) in [5, 5.41) is 5.57. The first-order valence-electron chi connectivity index (χ1n) is 9.05. The van der Waals surface area contributed by atoms with Crippen molar-refractivity contribution in [3.05, 3.63) is 54.1 Å². The molecule has 0 heterocycles. The number of aryl methyl sites for hydroxylation is 1. The van der Waals surface area contributed by atoms with Crippen molar-refractivity contribution in [2.75, 3.05) is 45.7 Å². The lowest BCUT2D eigenvalue weighted by molar-refractivity contribution is -0.123. The van der Waals surface area contributed by atoms with Crippen LogP contribution < -0.4 is 20.1 Å². The van der Waals surface area contributed by atoms with E-state index in [2.05, 4.69) is 10.6 Å². The van der Waals surface area contributed by atoms with Crippen molar-refractivity contribution in [2.45, 2.75) is 6.92 Å². The maximum atomic E-state index is 12.1. The van der Waals surface area contributed by atoms with Crippen LogP contribution in [0.4, 0.5) is 5.69 Å². The van der Waals surface area contributed by atoms with E-state index < -0.39 is 0 Å². The van der Waals surface area contributed by atoms with Gasteiger partial charge in [0, 0.05) is 5.69 Å². The second-order valence-corrected chi connectivity index (χ2v) is 6.46. The van der Waals surface area contributed by atoms with Crippen LogP contribution in [0.1, 0.15) is 5.56 Å². The van der Waals surface area contributed by atoms with Gasteiger partial charge in [0.05, 0.1) is 26.7 Å². The van der Waals surface area contributed by atoms with E-state index in [-0.39, 0.29) is 24.9 Å². The minimum atomic E-state index is -0.191. The van der Waals surface area contributed by atoms with Gasteiger partial charge >= 0.3 is 0 Å². The lowest BCUT2D eigenvalue weighted by Crippen LogP contribution is -2.40. The fourth-order valence-corrected chi connectivity index (χ4v) is 2.54. The highest BCUT2D eigenvalue weighted by Gasteiger charge is 2.11. The molecule has 2 aromatic carbocycles. The molecule has 0 radical (unpaired) electrons. The lowest BCUT2D eigenvalue weighted by atomic mass is 10.2. The smallest absolute Gasteiger partial charge is 0.238 e. The number of carbonyl (C=O) groups is 2.